The molecule has 2 aromatic carbocycles. The monoisotopic (exact) mass is 319 g/mol. The van der Waals surface area contributed by atoms with E-state index in [9.17, 15) is 17.6 Å². The average Bonchev–Trinajstić information content (AvgIpc) is 2.47. The summed E-state index contributed by atoms with van der Waals surface area (Å²) in [7, 11) is -3.34. The van der Waals surface area contributed by atoms with E-state index in [0.717, 1.165) is 0 Å². The lowest BCUT2D eigenvalue weighted by Crippen LogP contribution is -2.40. The normalized spacial score (nSPS) is 16.1. The minimum Gasteiger partial charge on any atom is -0.310 e. The first-order chi connectivity index (χ1) is 10.5. The maximum atomic E-state index is 13.2. The van der Waals surface area contributed by atoms with Crippen LogP contribution in [0.15, 0.2) is 53.4 Å². The molecule has 1 heterocycles. The van der Waals surface area contributed by atoms with Gasteiger partial charge in [-0.15, -0.1) is 0 Å². The number of sulfone groups is 1. The van der Waals surface area contributed by atoms with E-state index in [1.54, 1.807) is 30.3 Å². The second-order valence-electron chi connectivity index (χ2n) is 5.14. The van der Waals surface area contributed by atoms with Crippen molar-refractivity contribution in [3.63, 3.8) is 0 Å². The van der Waals surface area contributed by atoms with Crippen molar-refractivity contribution >= 4 is 21.4 Å². The average molecular weight is 319 g/mol. The zero-order valence-corrected chi connectivity index (χ0v) is 12.5. The van der Waals surface area contributed by atoms with Gasteiger partial charge in [0.25, 0.3) is 0 Å². The van der Waals surface area contributed by atoms with Crippen LogP contribution in [0.2, 0.25) is 0 Å². The maximum Gasteiger partial charge on any atom is 0.231 e. The van der Waals surface area contributed by atoms with Crippen molar-refractivity contribution in [1.29, 1.82) is 0 Å². The predicted octanol–water partition coefficient (Wildman–Crippen LogP) is 2.19. The molecule has 3 rings (SSSR count). The van der Waals surface area contributed by atoms with Crippen LogP contribution >= 0.6 is 0 Å². The first-order valence-corrected chi connectivity index (χ1v) is 8.49. The minimum absolute atomic E-state index is 0.0339. The Morgan fingerprint density at radius 1 is 1.14 bits per heavy atom. The van der Waals surface area contributed by atoms with E-state index in [2.05, 4.69) is 0 Å². The Labute approximate surface area is 128 Å². The zero-order chi connectivity index (χ0) is 15.7. The van der Waals surface area contributed by atoms with Crippen LogP contribution in [0.1, 0.15) is 5.56 Å². The summed E-state index contributed by atoms with van der Waals surface area (Å²) in [4.78, 5) is 14.1. The Kier molecular flexibility index (Phi) is 3.70. The highest BCUT2D eigenvalue weighted by atomic mass is 32.2. The van der Waals surface area contributed by atoms with Gasteiger partial charge in [-0.3, -0.25) is 4.79 Å². The van der Waals surface area contributed by atoms with E-state index in [4.69, 9.17) is 0 Å². The van der Waals surface area contributed by atoms with Gasteiger partial charge in [0.05, 0.1) is 22.8 Å². The van der Waals surface area contributed by atoms with Gasteiger partial charge in [-0.2, -0.15) is 0 Å². The van der Waals surface area contributed by atoms with E-state index in [-0.39, 0.29) is 29.5 Å². The molecule has 0 radical (unpaired) electrons. The summed E-state index contributed by atoms with van der Waals surface area (Å²) in [5.74, 6) is -0.737. The van der Waals surface area contributed by atoms with Crippen LogP contribution in [0.5, 0.6) is 0 Å². The summed E-state index contributed by atoms with van der Waals surface area (Å²) in [5.41, 5.74) is 0.964. The van der Waals surface area contributed by atoms with Crippen molar-refractivity contribution in [2.75, 3.05) is 17.2 Å². The molecule has 2 aromatic rings. The number of para-hydroxylation sites is 1. The van der Waals surface area contributed by atoms with Crippen molar-refractivity contribution in [2.24, 2.45) is 0 Å². The molecule has 1 aliphatic rings. The van der Waals surface area contributed by atoms with Crippen LogP contribution in [0.3, 0.4) is 0 Å². The molecular weight excluding hydrogens is 305 g/mol. The maximum absolute atomic E-state index is 13.2. The number of carbonyl (C=O) groups is 1. The van der Waals surface area contributed by atoms with Crippen molar-refractivity contribution in [1.82, 2.24) is 0 Å². The summed E-state index contributed by atoms with van der Waals surface area (Å²) >= 11 is 0. The lowest BCUT2D eigenvalue weighted by atomic mass is 10.1. The molecule has 0 N–H and O–H groups in total. The Hall–Kier alpha value is -2.21. The van der Waals surface area contributed by atoms with Crippen LogP contribution in [0.25, 0.3) is 0 Å². The van der Waals surface area contributed by atoms with Crippen molar-refractivity contribution < 1.29 is 17.6 Å². The number of amides is 1. The zero-order valence-electron chi connectivity index (χ0n) is 11.7. The Balaban J connectivity index is 1.91. The Morgan fingerprint density at radius 3 is 2.68 bits per heavy atom. The molecular formula is C16H14FNO3S. The molecule has 1 aliphatic heterocycles. The second kappa shape index (κ2) is 5.53. The van der Waals surface area contributed by atoms with Gasteiger partial charge in [0.15, 0.2) is 9.84 Å². The molecule has 0 fully saturated rings. The summed E-state index contributed by atoms with van der Waals surface area (Å²) in [6, 6.07) is 12.3. The topological polar surface area (TPSA) is 54.5 Å². The molecule has 0 unspecified atom stereocenters. The van der Waals surface area contributed by atoms with E-state index in [1.807, 2.05) is 0 Å². The van der Waals surface area contributed by atoms with Gasteiger partial charge in [-0.1, -0.05) is 24.3 Å². The SMILES string of the molecule is O=C(Cc1cccc(F)c1)N1CCS(=O)(=O)c2ccccc21. The largest absolute Gasteiger partial charge is 0.310 e. The van der Waals surface area contributed by atoms with Crippen molar-refractivity contribution in [2.45, 2.75) is 11.3 Å². The second-order valence-corrected chi connectivity index (χ2v) is 7.22. The van der Waals surface area contributed by atoms with E-state index < -0.39 is 15.7 Å². The molecule has 0 saturated heterocycles. The van der Waals surface area contributed by atoms with Gasteiger partial charge in [0.1, 0.15) is 5.82 Å². The highest BCUT2D eigenvalue weighted by Crippen LogP contribution is 2.30. The summed E-state index contributed by atoms with van der Waals surface area (Å²) in [5, 5.41) is 0. The molecule has 22 heavy (non-hydrogen) atoms. The smallest absolute Gasteiger partial charge is 0.231 e. The highest BCUT2D eigenvalue weighted by Gasteiger charge is 2.31. The minimum atomic E-state index is -3.34. The summed E-state index contributed by atoms with van der Waals surface area (Å²) in [6.07, 6.45) is 0.0339. The third kappa shape index (κ3) is 2.74. The number of benzene rings is 2. The van der Waals surface area contributed by atoms with Gasteiger partial charge in [-0.25, -0.2) is 12.8 Å². The van der Waals surface area contributed by atoms with Crippen LogP contribution in [0, 0.1) is 5.82 Å². The number of halogens is 1. The number of nitrogens with zero attached hydrogens (tertiary/aromatic N) is 1. The third-order valence-electron chi connectivity index (χ3n) is 3.62. The molecule has 0 bridgehead atoms. The molecule has 0 spiro atoms. The summed E-state index contributed by atoms with van der Waals surface area (Å²) < 4.78 is 37.3. The molecule has 0 atom stereocenters. The Morgan fingerprint density at radius 2 is 1.91 bits per heavy atom. The van der Waals surface area contributed by atoms with Crippen molar-refractivity contribution in [3.05, 3.63) is 59.9 Å². The molecule has 0 saturated carbocycles. The number of hydrogen-bond donors (Lipinski definition) is 0. The fourth-order valence-electron chi connectivity index (χ4n) is 2.56. The van der Waals surface area contributed by atoms with Gasteiger partial charge in [0.2, 0.25) is 5.91 Å². The van der Waals surface area contributed by atoms with Gasteiger partial charge < -0.3 is 4.90 Å². The molecule has 0 aliphatic carbocycles. The van der Waals surface area contributed by atoms with E-state index in [1.165, 1.54) is 23.1 Å². The molecule has 6 heteroatoms. The van der Waals surface area contributed by atoms with Gasteiger partial charge >= 0.3 is 0 Å². The quantitative estimate of drug-likeness (QED) is 0.852. The highest BCUT2D eigenvalue weighted by molar-refractivity contribution is 7.91. The fraction of sp³-hybridized carbons (Fsp3) is 0.188. The van der Waals surface area contributed by atoms with Crippen LogP contribution in [0.4, 0.5) is 10.1 Å². The third-order valence-corrected chi connectivity index (χ3v) is 5.36. The summed E-state index contributed by atoms with van der Waals surface area (Å²) in [6.45, 7) is 0.119. The van der Waals surface area contributed by atoms with E-state index >= 15 is 0 Å². The number of hydrogen-bond acceptors (Lipinski definition) is 3. The molecule has 1 amide bonds. The van der Waals surface area contributed by atoms with Crippen LogP contribution in [-0.2, 0) is 21.1 Å². The van der Waals surface area contributed by atoms with Crippen molar-refractivity contribution in [3.8, 4) is 0 Å². The molecule has 114 valence electrons. The number of rotatable bonds is 2. The molecule has 0 aromatic heterocycles. The standard InChI is InChI=1S/C16H14FNO3S/c17-13-5-3-4-12(10-13)11-16(19)18-8-9-22(20,21)15-7-2-1-6-14(15)18/h1-7,10H,8-9,11H2. The van der Waals surface area contributed by atoms with Gasteiger partial charge in [-0.05, 0) is 29.8 Å². The van der Waals surface area contributed by atoms with E-state index in [0.29, 0.717) is 11.3 Å². The predicted molar refractivity (Wildman–Crippen MR) is 81.0 cm³/mol. The first kappa shape index (κ1) is 14.7. The first-order valence-electron chi connectivity index (χ1n) is 6.84. The fourth-order valence-corrected chi connectivity index (χ4v) is 3.99. The lowest BCUT2D eigenvalue weighted by Gasteiger charge is -2.29. The number of carbonyl (C=O) groups excluding carboxylic acids is 1. The van der Waals surface area contributed by atoms with Gasteiger partial charge in [0, 0.05) is 6.54 Å². The Bertz CT molecular complexity index is 833. The number of anilines is 1. The number of fused-ring (bicyclic) bond motifs is 1. The lowest BCUT2D eigenvalue weighted by molar-refractivity contribution is -0.118. The van der Waals surface area contributed by atoms with Crippen LogP contribution < -0.4 is 4.90 Å². The van der Waals surface area contributed by atoms with Crippen LogP contribution in [-0.4, -0.2) is 26.6 Å². The molecule has 4 nitrogen and oxygen atoms in total.